The number of hydrogen-bond acceptors (Lipinski definition) is 3. The van der Waals surface area contributed by atoms with Crippen LogP contribution >= 0.6 is 11.8 Å². The highest BCUT2D eigenvalue weighted by molar-refractivity contribution is 7.99. The molecule has 1 heterocycles. The lowest BCUT2D eigenvalue weighted by Crippen LogP contribution is -2.04. The average Bonchev–Trinajstić information content (AvgIpc) is 2.34. The fourth-order valence-corrected chi connectivity index (χ4v) is 2.47. The van der Waals surface area contributed by atoms with E-state index >= 15 is 0 Å². The third-order valence-corrected chi connectivity index (χ3v) is 3.93. The number of aromatic nitrogens is 1. The maximum Gasteiger partial charge on any atom is 0.101 e. The third-order valence-electron chi connectivity index (χ3n) is 2.99. The van der Waals surface area contributed by atoms with E-state index in [1.165, 1.54) is 16.0 Å². The number of pyridine rings is 1. The Labute approximate surface area is 113 Å². The molecule has 0 saturated heterocycles. The van der Waals surface area contributed by atoms with E-state index in [2.05, 4.69) is 37.0 Å². The van der Waals surface area contributed by atoms with Gasteiger partial charge in [0.1, 0.15) is 5.03 Å². The Hall–Kier alpha value is -1.32. The largest absolute Gasteiger partial charge is 0.324 e. The smallest absolute Gasteiger partial charge is 0.101 e. The molecule has 0 aliphatic heterocycles. The van der Waals surface area contributed by atoms with Gasteiger partial charge in [0.05, 0.1) is 0 Å². The van der Waals surface area contributed by atoms with Crippen molar-refractivity contribution in [2.45, 2.75) is 36.7 Å². The van der Waals surface area contributed by atoms with E-state index in [0.717, 1.165) is 10.6 Å². The van der Waals surface area contributed by atoms with Crippen molar-refractivity contribution in [3.05, 3.63) is 53.2 Å². The molecule has 1 atom stereocenters. The predicted molar refractivity (Wildman–Crippen MR) is 76.9 cm³/mol. The molecular formula is C15H18N2S. The maximum atomic E-state index is 5.81. The van der Waals surface area contributed by atoms with E-state index in [0.29, 0.717) is 0 Å². The van der Waals surface area contributed by atoms with Crippen molar-refractivity contribution in [2.24, 2.45) is 5.73 Å². The number of hydrogen-bond donors (Lipinski definition) is 1. The standard InChI is InChI=1S/C15H18N2S/c1-10-4-6-14(8-11(10)2)18-15-7-5-13(9-17-15)12(3)16/h4-9,12H,16H2,1-3H3. The number of benzene rings is 1. The minimum atomic E-state index is 0.0400. The molecule has 2 aromatic rings. The Kier molecular flexibility index (Phi) is 4.04. The van der Waals surface area contributed by atoms with Gasteiger partial charge in [0, 0.05) is 17.1 Å². The quantitative estimate of drug-likeness (QED) is 0.908. The van der Waals surface area contributed by atoms with Crippen LogP contribution in [0.1, 0.15) is 29.7 Å². The highest BCUT2D eigenvalue weighted by Crippen LogP contribution is 2.27. The molecule has 3 heteroatoms. The van der Waals surface area contributed by atoms with Gasteiger partial charge in [-0.1, -0.05) is 23.9 Å². The Bertz CT molecular complexity index is 533. The average molecular weight is 258 g/mol. The van der Waals surface area contributed by atoms with Gasteiger partial charge in [-0.3, -0.25) is 0 Å². The van der Waals surface area contributed by atoms with Crippen LogP contribution in [0, 0.1) is 13.8 Å². The minimum Gasteiger partial charge on any atom is -0.324 e. The molecule has 1 aromatic heterocycles. The van der Waals surface area contributed by atoms with Crippen LogP contribution in [0.2, 0.25) is 0 Å². The van der Waals surface area contributed by atoms with Gasteiger partial charge in [0.15, 0.2) is 0 Å². The lowest BCUT2D eigenvalue weighted by molar-refractivity contribution is 0.806. The monoisotopic (exact) mass is 258 g/mol. The molecule has 0 radical (unpaired) electrons. The van der Waals surface area contributed by atoms with E-state index in [-0.39, 0.29) is 6.04 Å². The molecule has 0 aliphatic rings. The van der Waals surface area contributed by atoms with Crippen molar-refractivity contribution < 1.29 is 0 Å². The molecule has 2 rings (SSSR count). The summed E-state index contributed by atoms with van der Waals surface area (Å²) in [5.74, 6) is 0. The van der Waals surface area contributed by atoms with Crippen molar-refractivity contribution >= 4 is 11.8 Å². The molecule has 0 bridgehead atoms. The highest BCUT2D eigenvalue weighted by atomic mass is 32.2. The Morgan fingerprint density at radius 2 is 1.89 bits per heavy atom. The van der Waals surface area contributed by atoms with Gasteiger partial charge < -0.3 is 5.73 Å². The summed E-state index contributed by atoms with van der Waals surface area (Å²) in [6.07, 6.45) is 1.86. The number of aryl methyl sites for hydroxylation is 2. The highest BCUT2D eigenvalue weighted by Gasteiger charge is 2.03. The normalized spacial score (nSPS) is 12.4. The number of nitrogens with zero attached hydrogens (tertiary/aromatic N) is 1. The molecular weight excluding hydrogens is 240 g/mol. The second-order valence-electron chi connectivity index (χ2n) is 4.57. The molecule has 2 N–H and O–H groups in total. The molecule has 1 aromatic carbocycles. The van der Waals surface area contributed by atoms with Crippen molar-refractivity contribution in [2.75, 3.05) is 0 Å². The number of nitrogens with two attached hydrogens (primary N) is 1. The summed E-state index contributed by atoms with van der Waals surface area (Å²) in [4.78, 5) is 5.65. The molecule has 0 amide bonds. The summed E-state index contributed by atoms with van der Waals surface area (Å²) >= 11 is 1.68. The minimum absolute atomic E-state index is 0.0400. The van der Waals surface area contributed by atoms with Gasteiger partial charge >= 0.3 is 0 Å². The first-order valence-electron chi connectivity index (χ1n) is 6.03. The maximum absolute atomic E-state index is 5.81. The van der Waals surface area contributed by atoms with Crippen LogP contribution in [0.4, 0.5) is 0 Å². The van der Waals surface area contributed by atoms with Crippen LogP contribution in [0.5, 0.6) is 0 Å². The first-order chi connectivity index (χ1) is 8.56. The summed E-state index contributed by atoms with van der Waals surface area (Å²) in [5.41, 5.74) is 9.51. The lowest BCUT2D eigenvalue weighted by atomic mass is 10.1. The summed E-state index contributed by atoms with van der Waals surface area (Å²) < 4.78 is 0. The zero-order chi connectivity index (χ0) is 13.1. The van der Waals surface area contributed by atoms with Crippen molar-refractivity contribution in [3.8, 4) is 0 Å². The van der Waals surface area contributed by atoms with Crippen LogP contribution in [-0.4, -0.2) is 4.98 Å². The molecule has 0 fully saturated rings. The molecule has 1 unspecified atom stereocenters. The van der Waals surface area contributed by atoms with Crippen LogP contribution < -0.4 is 5.73 Å². The van der Waals surface area contributed by atoms with Gasteiger partial charge in [-0.25, -0.2) is 4.98 Å². The fourth-order valence-electron chi connectivity index (χ4n) is 1.62. The van der Waals surface area contributed by atoms with Crippen LogP contribution in [0.3, 0.4) is 0 Å². The topological polar surface area (TPSA) is 38.9 Å². The van der Waals surface area contributed by atoms with Gasteiger partial charge in [-0.05, 0) is 55.7 Å². The van der Waals surface area contributed by atoms with Crippen LogP contribution in [0.15, 0.2) is 46.5 Å². The Morgan fingerprint density at radius 1 is 1.11 bits per heavy atom. The molecule has 94 valence electrons. The van der Waals surface area contributed by atoms with Gasteiger partial charge in [0.25, 0.3) is 0 Å². The summed E-state index contributed by atoms with van der Waals surface area (Å²) in [6.45, 7) is 6.22. The first-order valence-corrected chi connectivity index (χ1v) is 6.84. The SMILES string of the molecule is Cc1ccc(Sc2ccc(C(C)N)cn2)cc1C. The van der Waals surface area contributed by atoms with Crippen LogP contribution in [-0.2, 0) is 0 Å². The van der Waals surface area contributed by atoms with Crippen molar-refractivity contribution in [1.82, 2.24) is 4.98 Å². The molecule has 0 spiro atoms. The van der Waals surface area contributed by atoms with E-state index in [1.807, 2.05) is 25.3 Å². The van der Waals surface area contributed by atoms with Crippen LogP contribution in [0.25, 0.3) is 0 Å². The van der Waals surface area contributed by atoms with Gasteiger partial charge in [-0.2, -0.15) is 0 Å². The predicted octanol–water partition coefficient (Wildman–Crippen LogP) is 3.87. The molecule has 2 nitrogen and oxygen atoms in total. The summed E-state index contributed by atoms with van der Waals surface area (Å²) in [7, 11) is 0. The van der Waals surface area contributed by atoms with Gasteiger partial charge in [0.2, 0.25) is 0 Å². The zero-order valence-corrected chi connectivity index (χ0v) is 11.8. The van der Waals surface area contributed by atoms with Crippen molar-refractivity contribution in [1.29, 1.82) is 0 Å². The fraction of sp³-hybridized carbons (Fsp3) is 0.267. The zero-order valence-electron chi connectivity index (χ0n) is 11.0. The Morgan fingerprint density at radius 3 is 2.44 bits per heavy atom. The third kappa shape index (κ3) is 3.12. The molecule has 18 heavy (non-hydrogen) atoms. The van der Waals surface area contributed by atoms with Crippen molar-refractivity contribution in [3.63, 3.8) is 0 Å². The van der Waals surface area contributed by atoms with E-state index in [9.17, 15) is 0 Å². The Balaban J connectivity index is 2.15. The molecule has 0 saturated carbocycles. The van der Waals surface area contributed by atoms with Gasteiger partial charge in [-0.15, -0.1) is 0 Å². The lowest BCUT2D eigenvalue weighted by Gasteiger charge is -2.07. The second kappa shape index (κ2) is 5.55. The summed E-state index contributed by atoms with van der Waals surface area (Å²) in [6, 6.07) is 10.6. The molecule has 0 aliphatic carbocycles. The number of rotatable bonds is 3. The van der Waals surface area contributed by atoms with E-state index < -0.39 is 0 Å². The van der Waals surface area contributed by atoms with E-state index in [1.54, 1.807) is 11.8 Å². The first kappa shape index (κ1) is 13.1. The summed E-state index contributed by atoms with van der Waals surface area (Å²) in [5, 5.41) is 1.00. The van der Waals surface area contributed by atoms with E-state index in [4.69, 9.17) is 5.73 Å². The second-order valence-corrected chi connectivity index (χ2v) is 5.66.